The van der Waals surface area contributed by atoms with Crippen molar-refractivity contribution in [3.8, 4) is 0 Å². The molecule has 0 atom stereocenters. The van der Waals surface area contributed by atoms with Crippen LogP contribution in [0.15, 0.2) is 52.8 Å². The first kappa shape index (κ1) is 24.3. The molecule has 0 saturated carbocycles. The van der Waals surface area contributed by atoms with E-state index in [4.69, 9.17) is 0 Å². The van der Waals surface area contributed by atoms with Gasteiger partial charge in [-0.3, -0.25) is 9.98 Å². The topological polar surface area (TPSA) is 25.2 Å². The Labute approximate surface area is 174 Å². The summed E-state index contributed by atoms with van der Waals surface area (Å²) in [6.07, 6.45) is 26.4. The second-order valence-electron chi connectivity index (χ2n) is 7.96. The summed E-state index contributed by atoms with van der Waals surface area (Å²) in [6.45, 7) is 7.29. The maximum Gasteiger partial charge on any atom is 0.0389 e. The molecule has 0 N–H and O–H groups in total. The lowest BCUT2D eigenvalue weighted by Crippen LogP contribution is -1.87. The Morgan fingerprint density at radius 1 is 0.857 bits per heavy atom. The Bertz CT molecular complexity index is 569. The largest absolute Gasteiger partial charge is 0.293 e. The highest BCUT2D eigenvalue weighted by molar-refractivity contribution is 5.78. The molecule has 0 aliphatic carbocycles. The zero-order valence-corrected chi connectivity index (χ0v) is 18.6. The minimum absolute atomic E-state index is 0.971. The molecule has 1 aromatic rings. The van der Waals surface area contributed by atoms with Crippen LogP contribution in [0, 0.1) is 0 Å². The van der Waals surface area contributed by atoms with Crippen molar-refractivity contribution in [2.75, 3.05) is 6.54 Å². The molecule has 1 rings (SSSR count). The van der Waals surface area contributed by atoms with E-state index in [1.165, 1.54) is 93.8 Å². The Morgan fingerprint density at radius 2 is 1.46 bits per heavy atom. The van der Waals surface area contributed by atoms with Gasteiger partial charge in [-0.05, 0) is 57.2 Å². The van der Waals surface area contributed by atoms with Gasteiger partial charge in [0.2, 0.25) is 0 Å². The normalized spacial score (nSPS) is 12.8. The summed E-state index contributed by atoms with van der Waals surface area (Å²) < 4.78 is 0. The number of aryl methyl sites for hydroxylation is 1. The van der Waals surface area contributed by atoms with Gasteiger partial charge in [-0.15, -0.1) is 0 Å². The van der Waals surface area contributed by atoms with E-state index in [9.17, 15) is 0 Å². The van der Waals surface area contributed by atoms with Crippen LogP contribution in [0.3, 0.4) is 0 Å². The van der Waals surface area contributed by atoms with E-state index in [1.807, 2.05) is 24.7 Å². The Morgan fingerprint density at radius 3 is 2.04 bits per heavy atom. The minimum atomic E-state index is 0.971. The molecule has 0 fully saturated rings. The van der Waals surface area contributed by atoms with Crippen LogP contribution in [0.25, 0.3) is 0 Å². The van der Waals surface area contributed by atoms with Gasteiger partial charge in [0, 0.05) is 25.2 Å². The molecule has 0 spiro atoms. The number of hydrogen-bond donors (Lipinski definition) is 0. The van der Waals surface area contributed by atoms with Crippen LogP contribution in [0.5, 0.6) is 0 Å². The average Bonchev–Trinajstić information content (AvgIpc) is 2.71. The van der Waals surface area contributed by atoms with E-state index in [-0.39, 0.29) is 0 Å². The number of aliphatic imine (C=N–C) groups is 1. The molecule has 2 heteroatoms. The molecule has 0 aliphatic rings. The van der Waals surface area contributed by atoms with Crippen molar-refractivity contribution in [2.24, 2.45) is 4.99 Å². The fraction of sp³-hybridized carbons (Fsp3) is 0.615. The summed E-state index contributed by atoms with van der Waals surface area (Å²) in [5.41, 5.74) is 3.92. The SMILES string of the molecule is C/C=C(C)\C=C(\C)C=NCCCCCCCCCCCCCc1cccnc1. The molecule has 0 aliphatic heterocycles. The second-order valence-corrected chi connectivity index (χ2v) is 7.96. The fourth-order valence-electron chi connectivity index (χ4n) is 3.36. The molecule has 0 radical (unpaired) electrons. The molecule has 2 nitrogen and oxygen atoms in total. The van der Waals surface area contributed by atoms with Crippen LogP contribution in [-0.4, -0.2) is 17.7 Å². The van der Waals surface area contributed by atoms with Gasteiger partial charge in [0.05, 0.1) is 0 Å². The van der Waals surface area contributed by atoms with Gasteiger partial charge in [0.15, 0.2) is 0 Å². The third kappa shape index (κ3) is 14.4. The minimum Gasteiger partial charge on any atom is -0.293 e. The summed E-state index contributed by atoms with van der Waals surface area (Å²) in [6, 6.07) is 4.22. The van der Waals surface area contributed by atoms with E-state index < -0.39 is 0 Å². The predicted octanol–water partition coefficient (Wildman–Crippen LogP) is 7.90. The van der Waals surface area contributed by atoms with Crippen LogP contribution < -0.4 is 0 Å². The highest BCUT2D eigenvalue weighted by atomic mass is 14.7. The number of allylic oxidation sites excluding steroid dienone is 4. The molecule has 0 amide bonds. The molecule has 156 valence electrons. The molecule has 1 aromatic heterocycles. The third-order valence-corrected chi connectivity index (χ3v) is 5.18. The van der Waals surface area contributed by atoms with Gasteiger partial charge in [-0.2, -0.15) is 0 Å². The molecule has 0 saturated heterocycles. The van der Waals surface area contributed by atoms with Gasteiger partial charge < -0.3 is 0 Å². The molecule has 1 heterocycles. The lowest BCUT2D eigenvalue weighted by atomic mass is 10.0. The van der Waals surface area contributed by atoms with Crippen LogP contribution in [0.4, 0.5) is 0 Å². The third-order valence-electron chi connectivity index (χ3n) is 5.18. The van der Waals surface area contributed by atoms with Gasteiger partial charge in [0.25, 0.3) is 0 Å². The average molecular weight is 383 g/mol. The summed E-state index contributed by atoms with van der Waals surface area (Å²) in [5, 5.41) is 0. The smallest absolute Gasteiger partial charge is 0.0389 e. The maximum absolute atomic E-state index is 4.54. The highest BCUT2D eigenvalue weighted by Gasteiger charge is 1.95. The van der Waals surface area contributed by atoms with Crippen molar-refractivity contribution in [2.45, 2.75) is 97.8 Å². The van der Waals surface area contributed by atoms with Crippen LogP contribution in [0.1, 0.15) is 97.0 Å². The van der Waals surface area contributed by atoms with Crippen molar-refractivity contribution in [3.63, 3.8) is 0 Å². The summed E-state index contributed by atoms with van der Waals surface area (Å²) in [5.74, 6) is 0. The Hall–Kier alpha value is -1.70. The van der Waals surface area contributed by atoms with Crippen LogP contribution in [-0.2, 0) is 6.42 Å². The van der Waals surface area contributed by atoms with E-state index >= 15 is 0 Å². The lowest BCUT2D eigenvalue weighted by molar-refractivity contribution is 0.547. The molecule has 0 aromatic carbocycles. The molecule has 0 unspecified atom stereocenters. The van der Waals surface area contributed by atoms with E-state index in [2.05, 4.69) is 49.0 Å². The first-order chi connectivity index (χ1) is 13.7. The van der Waals surface area contributed by atoms with Crippen molar-refractivity contribution in [1.29, 1.82) is 0 Å². The number of hydrogen-bond acceptors (Lipinski definition) is 2. The summed E-state index contributed by atoms with van der Waals surface area (Å²) in [4.78, 5) is 8.71. The number of pyridine rings is 1. The second kappa shape index (κ2) is 17.4. The molecule has 28 heavy (non-hydrogen) atoms. The zero-order chi connectivity index (χ0) is 20.3. The van der Waals surface area contributed by atoms with E-state index in [1.54, 1.807) is 0 Å². The van der Waals surface area contributed by atoms with Crippen molar-refractivity contribution in [1.82, 2.24) is 4.98 Å². The number of rotatable bonds is 16. The zero-order valence-electron chi connectivity index (χ0n) is 18.6. The molecular formula is C26H42N2. The number of nitrogens with zero attached hydrogens (tertiary/aromatic N) is 2. The molecular weight excluding hydrogens is 340 g/mol. The number of unbranched alkanes of at least 4 members (excludes halogenated alkanes) is 10. The quantitative estimate of drug-likeness (QED) is 0.162. The maximum atomic E-state index is 4.54. The summed E-state index contributed by atoms with van der Waals surface area (Å²) in [7, 11) is 0. The first-order valence-corrected chi connectivity index (χ1v) is 11.4. The highest BCUT2D eigenvalue weighted by Crippen LogP contribution is 2.12. The monoisotopic (exact) mass is 382 g/mol. The summed E-state index contributed by atoms with van der Waals surface area (Å²) >= 11 is 0. The van der Waals surface area contributed by atoms with E-state index in [0.717, 1.165) is 6.54 Å². The first-order valence-electron chi connectivity index (χ1n) is 11.4. The Kier molecular flexibility index (Phi) is 15.1. The van der Waals surface area contributed by atoms with Gasteiger partial charge in [-0.25, -0.2) is 0 Å². The standard InChI is InChI=1S/C26H42N2/c1-4-24(2)21-25(3)22-27-19-15-13-11-9-7-5-6-8-10-12-14-17-26-18-16-20-28-23-26/h4,16,18,20-23H,5-15,17,19H2,1-3H3/b24-4-,25-21-,27-22?. The van der Waals surface area contributed by atoms with Gasteiger partial charge in [0.1, 0.15) is 0 Å². The lowest BCUT2D eigenvalue weighted by Gasteiger charge is -2.03. The van der Waals surface area contributed by atoms with Gasteiger partial charge >= 0.3 is 0 Å². The van der Waals surface area contributed by atoms with Crippen LogP contribution in [0.2, 0.25) is 0 Å². The molecule has 0 bridgehead atoms. The number of aromatic nitrogens is 1. The Balaban J connectivity index is 1.82. The van der Waals surface area contributed by atoms with Crippen molar-refractivity contribution in [3.05, 3.63) is 53.4 Å². The fourth-order valence-corrected chi connectivity index (χ4v) is 3.36. The van der Waals surface area contributed by atoms with Crippen LogP contribution >= 0.6 is 0 Å². The van der Waals surface area contributed by atoms with Crippen molar-refractivity contribution < 1.29 is 0 Å². The van der Waals surface area contributed by atoms with E-state index in [0.29, 0.717) is 0 Å². The van der Waals surface area contributed by atoms with Gasteiger partial charge in [-0.1, -0.05) is 81.6 Å². The predicted molar refractivity (Wildman–Crippen MR) is 125 cm³/mol. The van der Waals surface area contributed by atoms with Crippen molar-refractivity contribution >= 4 is 6.21 Å².